The fraction of sp³-hybridized carbons (Fsp3) is 0.538. The maximum absolute atomic E-state index is 13.2. The normalized spacial score (nSPS) is 23.9. The van der Waals surface area contributed by atoms with E-state index in [0.717, 1.165) is 16.9 Å². The number of carbonyl (C=O) groups excluding carboxylic acids is 1. The molecule has 36 heavy (non-hydrogen) atoms. The molecule has 2 atom stereocenters. The zero-order chi connectivity index (χ0) is 25.8. The number of nitrogens with zero attached hydrogens (tertiary/aromatic N) is 5. The number of aryl methyl sites for hydroxylation is 3. The second kappa shape index (κ2) is 8.70. The number of benzene rings is 1. The number of nitrogen functional groups attached to an aromatic ring is 1. The van der Waals surface area contributed by atoms with E-state index in [1.165, 1.54) is 15.7 Å². The summed E-state index contributed by atoms with van der Waals surface area (Å²) < 4.78 is 9.67. The molecule has 0 radical (unpaired) electrons. The summed E-state index contributed by atoms with van der Waals surface area (Å²) in [4.78, 5) is 35.9. The molecule has 10 heteroatoms. The lowest BCUT2D eigenvalue weighted by molar-refractivity contribution is -0.198. The van der Waals surface area contributed by atoms with Gasteiger partial charge in [0.05, 0.1) is 34.9 Å². The van der Waals surface area contributed by atoms with Crippen molar-refractivity contribution in [3.63, 3.8) is 0 Å². The summed E-state index contributed by atoms with van der Waals surface area (Å²) in [5, 5.41) is 11.3. The number of aliphatic hydroxyl groups is 1. The summed E-state index contributed by atoms with van der Waals surface area (Å²) in [6, 6.07) is 5.14. The smallest absolute Gasteiger partial charge is 0.349 e. The molecule has 192 valence electrons. The van der Waals surface area contributed by atoms with Gasteiger partial charge in [-0.1, -0.05) is 0 Å². The number of aromatic nitrogens is 4. The maximum Gasteiger partial charge on any atom is 0.349 e. The zero-order valence-corrected chi connectivity index (χ0v) is 21.3. The van der Waals surface area contributed by atoms with Gasteiger partial charge < -0.3 is 25.0 Å². The third-order valence-corrected chi connectivity index (χ3v) is 8.01. The Hall–Kier alpha value is -3.24. The molecule has 0 bridgehead atoms. The first-order valence-electron chi connectivity index (χ1n) is 12.4. The van der Waals surface area contributed by atoms with E-state index < -0.39 is 22.9 Å². The number of carbonyl (C=O) groups is 1. The molecular weight excluding hydrogens is 460 g/mol. The van der Waals surface area contributed by atoms with Crippen molar-refractivity contribution in [2.24, 2.45) is 0 Å². The maximum atomic E-state index is 13.2. The van der Waals surface area contributed by atoms with Crippen LogP contribution in [0.3, 0.4) is 0 Å². The molecule has 2 aromatic heterocycles. The minimum Gasteiger partial charge on any atom is -0.388 e. The van der Waals surface area contributed by atoms with Crippen molar-refractivity contribution in [3.8, 4) is 0 Å². The van der Waals surface area contributed by atoms with Crippen LogP contribution in [-0.2, 0) is 16.1 Å². The molecule has 0 aliphatic carbocycles. The van der Waals surface area contributed by atoms with Crippen LogP contribution in [0.15, 0.2) is 29.2 Å². The predicted octanol–water partition coefficient (Wildman–Crippen LogP) is 1.87. The highest BCUT2D eigenvalue weighted by Gasteiger charge is 2.50. The fourth-order valence-electron chi connectivity index (χ4n) is 5.72. The average Bonchev–Trinajstić information content (AvgIpc) is 3.09. The van der Waals surface area contributed by atoms with Crippen LogP contribution in [0.2, 0.25) is 0 Å². The average molecular weight is 495 g/mol. The number of ether oxygens (including phenoxy) is 1. The van der Waals surface area contributed by atoms with Crippen LogP contribution in [0.25, 0.3) is 11.0 Å². The van der Waals surface area contributed by atoms with Gasteiger partial charge in [-0.15, -0.1) is 0 Å². The molecule has 2 saturated heterocycles. The van der Waals surface area contributed by atoms with Gasteiger partial charge >= 0.3 is 5.69 Å². The number of likely N-dealkylation sites (tertiary alicyclic amines) is 1. The van der Waals surface area contributed by atoms with Gasteiger partial charge in [-0.2, -0.15) is 4.98 Å². The van der Waals surface area contributed by atoms with Crippen LogP contribution >= 0.6 is 0 Å². The number of amides is 1. The number of rotatable bonds is 3. The van der Waals surface area contributed by atoms with E-state index in [4.69, 9.17) is 10.5 Å². The highest BCUT2D eigenvalue weighted by atomic mass is 16.5. The van der Waals surface area contributed by atoms with Crippen LogP contribution in [0.4, 0.5) is 5.82 Å². The standard InChI is InChI=1S/C26H34N6O4/c1-16-11-19-20(12-17(16)2)32(18(3)28-19)13-23(33)30-9-6-26(7-10-30)15-25(4,35)21(14-36-26)31-8-5-22(27)29-24(31)34/h5,8,11-12,21,35H,6-7,9-10,13-15H2,1-4H3,(H2,27,29,34)/t21-,25-/m1/s1. The Bertz CT molecular complexity index is 1380. The summed E-state index contributed by atoms with van der Waals surface area (Å²) in [6.07, 6.45) is 3.17. The molecule has 2 aliphatic heterocycles. The summed E-state index contributed by atoms with van der Waals surface area (Å²) in [5.41, 5.74) is 7.63. The van der Waals surface area contributed by atoms with Crippen LogP contribution in [0.1, 0.15) is 49.2 Å². The van der Waals surface area contributed by atoms with Crippen LogP contribution < -0.4 is 11.4 Å². The quantitative estimate of drug-likeness (QED) is 0.569. The number of imidazole rings is 1. The Kier molecular flexibility index (Phi) is 5.91. The Morgan fingerprint density at radius 1 is 1.19 bits per heavy atom. The van der Waals surface area contributed by atoms with E-state index in [-0.39, 0.29) is 24.9 Å². The number of fused-ring (bicyclic) bond motifs is 1. The van der Waals surface area contributed by atoms with Crippen LogP contribution in [0.5, 0.6) is 0 Å². The first-order valence-corrected chi connectivity index (χ1v) is 12.4. The molecule has 3 aromatic rings. The van der Waals surface area contributed by atoms with Gasteiger partial charge in [0.1, 0.15) is 18.2 Å². The molecule has 0 unspecified atom stereocenters. The Labute approximate surface area is 209 Å². The molecule has 2 fully saturated rings. The van der Waals surface area contributed by atoms with Crippen molar-refractivity contribution in [1.29, 1.82) is 0 Å². The summed E-state index contributed by atoms with van der Waals surface area (Å²) in [5.74, 6) is 1.01. The van der Waals surface area contributed by atoms with Crippen molar-refractivity contribution in [2.45, 2.75) is 70.7 Å². The minimum atomic E-state index is -1.17. The Morgan fingerprint density at radius 2 is 1.89 bits per heavy atom. The minimum absolute atomic E-state index is 0.0467. The van der Waals surface area contributed by atoms with E-state index in [9.17, 15) is 14.7 Å². The van der Waals surface area contributed by atoms with Gasteiger partial charge in [0.15, 0.2) is 0 Å². The van der Waals surface area contributed by atoms with Crippen molar-refractivity contribution in [2.75, 3.05) is 25.4 Å². The molecule has 3 N–H and O–H groups in total. The van der Waals surface area contributed by atoms with Crippen LogP contribution in [-0.4, -0.2) is 65.9 Å². The number of piperidine rings is 1. The van der Waals surface area contributed by atoms with Crippen molar-refractivity contribution < 1.29 is 14.6 Å². The van der Waals surface area contributed by atoms with Crippen molar-refractivity contribution in [3.05, 3.63) is 51.8 Å². The molecule has 1 spiro atoms. The first kappa shape index (κ1) is 24.5. The lowest BCUT2D eigenvalue weighted by Crippen LogP contribution is -2.59. The second-order valence-electron chi connectivity index (χ2n) is 10.6. The highest BCUT2D eigenvalue weighted by Crippen LogP contribution is 2.43. The monoisotopic (exact) mass is 494 g/mol. The fourth-order valence-corrected chi connectivity index (χ4v) is 5.72. The van der Waals surface area contributed by atoms with E-state index in [0.29, 0.717) is 32.4 Å². The lowest BCUT2D eigenvalue weighted by atomic mass is 9.75. The molecule has 1 amide bonds. The van der Waals surface area contributed by atoms with Gasteiger partial charge in [0.2, 0.25) is 5.91 Å². The lowest BCUT2D eigenvalue weighted by Gasteiger charge is -2.51. The van der Waals surface area contributed by atoms with Crippen molar-refractivity contribution >= 4 is 22.8 Å². The second-order valence-corrected chi connectivity index (χ2v) is 10.6. The predicted molar refractivity (Wildman–Crippen MR) is 136 cm³/mol. The van der Waals surface area contributed by atoms with Gasteiger partial charge in [0.25, 0.3) is 0 Å². The molecule has 5 rings (SSSR count). The molecular formula is C26H34N6O4. The van der Waals surface area contributed by atoms with E-state index in [1.54, 1.807) is 19.2 Å². The molecule has 2 aliphatic rings. The third-order valence-electron chi connectivity index (χ3n) is 8.01. The molecule has 4 heterocycles. The molecule has 0 saturated carbocycles. The number of nitrogens with two attached hydrogens (primary N) is 1. The number of hydrogen-bond acceptors (Lipinski definition) is 7. The van der Waals surface area contributed by atoms with Gasteiger partial charge in [-0.3, -0.25) is 9.36 Å². The number of anilines is 1. The number of hydrogen-bond donors (Lipinski definition) is 2. The van der Waals surface area contributed by atoms with E-state index >= 15 is 0 Å². The SMILES string of the molecule is Cc1cc2nc(C)n(CC(=O)N3CCC4(CC3)C[C@@](C)(O)[C@H](n3ccc(N)nc3=O)CO4)c2cc1C. The molecule has 10 nitrogen and oxygen atoms in total. The molecule has 1 aromatic carbocycles. The van der Waals surface area contributed by atoms with E-state index in [1.807, 2.05) is 16.4 Å². The Balaban J connectivity index is 1.26. The van der Waals surface area contributed by atoms with E-state index in [2.05, 4.69) is 35.9 Å². The van der Waals surface area contributed by atoms with Gasteiger partial charge in [0, 0.05) is 25.7 Å². The zero-order valence-electron chi connectivity index (χ0n) is 21.3. The first-order chi connectivity index (χ1) is 17.0. The Morgan fingerprint density at radius 3 is 2.56 bits per heavy atom. The van der Waals surface area contributed by atoms with Gasteiger partial charge in [-0.05, 0) is 69.9 Å². The largest absolute Gasteiger partial charge is 0.388 e. The van der Waals surface area contributed by atoms with Crippen molar-refractivity contribution in [1.82, 2.24) is 24.0 Å². The summed E-state index contributed by atoms with van der Waals surface area (Å²) in [6.45, 7) is 9.32. The van der Waals surface area contributed by atoms with Gasteiger partial charge in [-0.25, -0.2) is 9.78 Å². The van der Waals surface area contributed by atoms with Crippen LogP contribution in [0, 0.1) is 20.8 Å². The summed E-state index contributed by atoms with van der Waals surface area (Å²) in [7, 11) is 0. The third kappa shape index (κ3) is 4.28. The summed E-state index contributed by atoms with van der Waals surface area (Å²) >= 11 is 0. The highest BCUT2D eigenvalue weighted by molar-refractivity contribution is 5.82. The topological polar surface area (TPSA) is 128 Å².